The van der Waals surface area contributed by atoms with Gasteiger partial charge in [-0.15, -0.1) is 0 Å². The number of ether oxygens (including phenoxy) is 1. The van der Waals surface area contributed by atoms with Crippen LogP contribution in [0.5, 0.6) is 5.75 Å². The van der Waals surface area contributed by atoms with Crippen molar-refractivity contribution in [2.24, 2.45) is 5.92 Å². The van der Waals surface area contributed by atoms with E-state index in [1.54, 1.807) is 49.9 Å². The first-order valence-corrected chi connectivity index (χ1v) is 13.9. The minimum Gasteiger partial charge on any atom is -0.508 e. The Balaban J connectivity index is 2.06. The van der Waals surface area contributed by atoms with Gasteiger partial charge < -0.3 is 25.4 Å². The zero-order chi connectivity index (χ0) is 28.9. The summed E-state index contributed by atoms with van der Waals surface area (Å²) < 4.78 is 5.46. The zero-order valence-corrected chi connectivity index (χ0v) is 24.3. The predicted molar refractivity (Wildman–Crippen MR) is 153 cm³/mol. The van der Waals surface area contributed by atoms with Crippen LogP contribution in [0.4, 0.5) is 10.5 Å². The number of halogens is 1. The molecule has 0 bridgehead atoms. The molecule has 1 fully saturated rings. The Labute approximate surface area is 236 Å². The lowest BCUT2D eigenvalue weighted by atomic mass is 9.86. The molecule has 2 aromatic carbocycles. The first-order chi connectivity index (χ1) is 18.3. The molecule has 1 aliphatic carbocycles. The van der Waals surface area contributed by atoms with Crippen molar-refractivity contribution in [3.63, 3.8) is 0 Å². The summed E-state index contributed by atoms with van der Waals surface area (Å²) in [6.07, 6.45) is 2.33. The molecule has 1 saturated carbocycles. The Kier molecular flexibility index (Phi) is 9.88. The lowest BCUT2D eigenvalue weighted by Gasteiger charge is -2.44. The van der Waals surface area contributed by atoms with Crippen molar-refractivity contribution in [1.29, 1.82) is 0 Å². The molecule has 2 aromatic rings. The molecule has 3 unspecified atom stereocenters. The second-order valence-electron chi connectivity index (χ2n) is 11.3. The van der Waals surface area contributed by atoms with Crippen LogP contribution < -0.4 is 10.6 Å². The van der Waals surface area contributed by atoms with Gasteiger partial charge in [0.05, 0.1) is 10.7 Å². The third-order valence-corrected chi connectivity index (χ3v) is 7.39. The molecule has 1 aliphatic rings. The number of alkyl carbamates (subject to hydrolysis) is 1. The highest BCUT2D eigenvalue weighted by Gasteiger charge is 2.43. The fraction of sp³-hybridized carbons (Fsp3) is 0.500. The summed E-state index contributed by atoms with van der Waals surface area (Å²) in [5.41, 5.74) is 1.06. The van der Waals surface area contributed by atoms with Crippen LogP contribution in [0.25, 0.3) is 0 Å². The van der Waals surface area contributed by atoms with Crippen molar-refractivity contribution in [3.8, 4) is 5.75 Å². The minimum atomic E-state index is -1.02. The molecule has 8 nitrogen and oxygen atoms in total. The van der Waals surface area contributed by atoms with Crippen molar-refractivity contribution >= 4 is 35.2 Å². The SMILES string of the molecule is CCC(C)C(NC(=O)OC(C)(C)C)C(=O)N(C1CCC1)C(C(=O)Nc1c(C)cccc1Cl)c1ccc(O)cc1. The number of benzene rings is 2. The maximum Gasteiger partial charge on any atom is 0.408 e. The highest BCUT2D eigenvalue weighted by atomic mass is 35.5. The van der Waals surface area contributed by atoms with Gasteiger partial charge in [0.1, 0.15) is 23.4 Å². The number of hydrogen-bond acceptors (Lipinski definition) is 5. The molecule has 0 spiro atoms. The number of para-hydroxylation sites is 1. The quantitative estimate of drug-likeness (QED) is 0.333. The fourth-order valence-corrected chi connectivity index (χ4v) is 4.81. The molecular formula is C30H40ClN3O5. The van der Waals surface area contributed by atoms with Gasteiger partial charge in [-0.2, -0.15) is 0 Å². The van der Waals surface area contributed by atoms with E-state index < -0.39 is 29.7 Å². The summed E-state index contributed by atoms with van der Waals surface area (Å²) >= 11 is 6.42. The van der Waals surface area contributed by atoms with Gasteiger partial charge in [-0.3, -0.25) is 9.59 Å². The number of nitrogens with one attached hydrogen (secondary N) is 2. The first kappa shape index (κ1) is 30.3. The van der Waals surface area contributed by atoms with E-state index in [9.17, 15) is 19.5 Å². The van der Waals surface area contributed by atoms with E-state index >= 15 is 0 Å². The lowest BCUT2D eigenvalue weighted by molar-refractivity contribution is -0.147. The van der Waals surface area contributed by atoms with Crippen LogP contribution in [-0.4, -0.2) is 45.6 Å². The van der Waals surface area contributed by atoms with Gasteiger partial charge >= 0.3 is 6.09 Å². The number of carbonyl (C=O) groups excluding carboxylic acids is 3. The first-order valence-electron chi connectivity index (χ1n) is 13.5. The third-order valence-electron chi connectivity index (χ3n) is 7.08. The summed E-state index contributed by atoms with van der Waals surface area (Å²) in [6.45, 7) is 11.0. The van der Waals surface area contributed by atoms with Gasteiger partial charge in [0.2, 0.25) is 5.91 Å². The molecule has 0 heterocycles. The molecule has 3 rings (SSSR count). The molecule has 9 heteroatoms. The summed E-state index contributed by atoms with van der Waals surface area (Å²) in [7, 11) is 0. The number of amides is 3. The molecule has 0 aromatic heterocycles. The highest BCUT2D eigenvalue weighted by Crippen LogP contribution is 2.36. The lowest BCUT2D eigenvalue weighted by Crippen LogP contribution is -2.58. The topological polar surface area (TPSA) is 108 Å². The molecule has 0 aliphatic heterocycles. The third kappa shape index (κ3) is 7.66. The number of phenolic OH excluding ortho intramolecular Hbond substituents is 1. The van der Waals surface area contributed by atoms with Gasteiger partial charge in [-0.1, -0.05) is 56.1 Å². The average Bonchev–Trinajstić information content (AvgIpc) is 2.82. The van der Waals surface area contributed by atoms with E-state index in [1.807, 2.05) is 26.8 Å². The van der Waals surface area contributed by atoms with Crippen LogP contribution in [0, 0.1) is 12.8 Å². The Bertz CT molecular complexity index is 1150. The predicted octanol–water partition coefficient (Wildman–Crippen LogP) is 6.35. The fourth-order valence-electron chi connectivity index (χ4n) is 4.54. The van der Waals surface area contributed by atoms with E-state index in [-0.39, 0.29) is 23.6 Å². The van der Waals surface area contributed by atoms with Crippen molar-refractivity contribution < 1.29 is 24.2 Å². The van der Waals surface area contributed by atoms with E-state index in [0.29, 0.717) is 22.7 Å². The van der Waals surface area contributed by atoms with Gasteiger partial charge in [0, 0.05) is 6.04 Å². The zero-order valence-electron chi connectivity index (χ0n) is 23.6. The average molecular weight is 558 g/mol. The van der Waals surface area contributed by atoms with Gasteiger partial charge in [0.25, 0.3) is 5.91 Å². The Morgan fingerprint density at radius 2 is 1.77 bits per heavy atom. The number of hydrogen-bond donors (Lipinski definition) is 3. The van der Waals surface area contributed by atoms with Crippen molar-refractivity contribution in [2.45, 2.75) is 91.0 Å². The van der Waals surface area contributed by atoms with Gasteiger partial charge in [-0.25, -0.2) is 4.79 Å². The second kappa shape index (κ2) is 12.7. The van der Waals surface area contributed by atoms with Crippen LogP contribution in [0.2, 0.25) is 5.02 Å². The molecular weight excluding hydrogens is 518 g/mol. The number of aryl methyl sites for hydroxylation is 1. The van der Waals surface area contributed by atoms with E-state index in [4.69, 9.17) is 16.3 Å². The molecule has 3 N–H and O–H groups in total. The number of rotatable bonds is 9. The second-order valence-corrected chi connectivity index (χ2v) is 11.7. The number of anilines is 1. The van der Waals surface area contributed by atoms with Crippen molar-refractivity contribution in [2.75, 3.05) is 5.32 Å². The van der Waals surface area contributed by atoms with E-state index in [2.05, 4.69) is 10.6 Å². The Hall–Kier alpha value is -3.26. The largest absolute Gasteiger partial charge is 0.508 e. The highest BCUT2D eigenvalue weighted by molar-refractivity contribution is 6.34. The van der Waals surface area contributed by atoms with Crippen molar-refractivity contribution in [3.05, 3.63) is 58.6 Å². The summed E-state index contributed by atoms with van der Waals surface area (Å²) in [6, 6.07) is 9.47. The van der Waals surface area contributed by atoms with Gasteiger partial charge in [0.15, 0.2) is 0 Å². The minimum absolute atomic E-state index is 0.0467. The molecule has 39 heavy (non-hydrogen) atoms. The van der Waals surface area contributed by atoms with Crippen LogP contribution in [0.15, 0.2) is 42.5 Å². The Morgan fingerprint density at radius 1 is 1.13 bits per heavy atom. The summed E-state index contributed by atoms with van der Waals surface area (Å²) in [5, 5.41) is 16.0. The maximum absolute atomic E-state index is 14.4. The number of phenols is 1. The molecule has 212 valence electrons. The summed E-state index contributed by atoms with van der Waals surface area (Å²) in [5.74, 6) is -0.964. The van der Waals surface area contributed by atoms with Crippen molar-refractivity contribution in [1.82, 2.24) is 10.2 Å². The van der Waals surface area contributed by atoms with E-state index in [1.165, 1.54) is 12.1 Å². The Morgan fingerprint density at radius 3 is 2.28 bits per heavy atom. The molecule has 3 atom stereocenters. The van der Waals surface area contributed by atoms with Crippen LogP contribution in [0.3, 0.4) is 0 Å². The molecule has 0 radical (unpaired) electrons. The number of aromatic hydroxyl groups is 1. The van der Waals surface area contributed by atoms with E-state index in [0.717, 1.165) is 24.8 Å². The molecule has 0 saturated heterocycles. The monoisotopic (exact) mass is 557 g/mol. The van der Waals surface area contributed by atoms with Crippen LogP contribution >= 0.6 is 11.6 Å². The van der Waals surface area contributed by atoms with Crippen LogP contribution in [-0.2, 0) is 14.3 Å². The standard InChI is InChI=1S/C30H40ClN3O5/c1-7-18(2)25(33-29(38)39-30(4,5)6)28(37)34(21-11-9-12-21)26(20-14-16-22(35)17-15-20)27(36)32-24-19(3)10-8-13-23(24)31/h8,10,13-18,21,25-26,35H,7,9,11-12H2,1-6H3,(H,32,36)(H,33,38). The van der Waals surface area contributed by atoms with Crippen LogP contribution in [0.1, 0.15) is 77.5 Å². The molecule has 3 amide bonds. The smallest absolute Gasteiger partial charge is 0.408 e. The number of carbonyl (C=O) groups is 3. The normalized spacial score (nSPS) is 15.9. The summed E-state index contributed by atoms with van der Waals surface area (Å²) in [4.78, 5) is 42.8. The maximum atomic E-state index is 14.4. The number of nitrogens with zero attached hydrogens (tertiary/aromatic N) is 1. The van der Waals surface area contributed by atoms with Gasteiger partial charge in [-0.05, 0) is 82.2 Å².